The summed E-state index contributed by atoms with van der Waals surface area (Å²) in [5.74, 6) is 1.95. The molecular weight excluding hydrogens is 258 g/mol. The maximum absolute atomic E-state index is 6.21. The molecule has 0 radical (unpaired) electrons. The van der Waals surface area contributed by atoms with Gasteiger partial charge in [-0.15, -0.1) is 0 Å². The second-order valence-corrected chi connectivity index (χ2v) is 5.37. The fourth-order valence-electron chi connectivity index (χ4n) is 2.64. The molecule has 1 unspecified atom stereocenters. The van der Waals surface area contributed by atoms with Gasteiger partial charge in [-0.2, -0.15) is 4.98 Å². The Labute approximate surface area is 120 Å². The Morgan fingerprint density at radius 1 is 1.30 bits per heavy atom. The highest BCUT2D eigenvalue weighted by Crippen LogP contribution is 2.27. The Hall–Kier alpha value is -0.980. The van der Waals surface area contributed by atoms with Crippen molar-refractivity contribution >= 4 is 0 Å². The lowest BCUT2D eigenvalue weighted by Gasteiger charge is -2.16. The van der Waals surface area contributed by atoms with Gasteiger partial charge in [0.15, 0.2) is 5.82 Å². The maximum Gasteiger partial charge on any atom is 0.228 e. The van der Waals surface area contributed by atoms with Crippen molar-refractivity contribution in [1.82, 2.24) is 10.1 Å². The van der Waals surface area contributed by atoms with E-state index in [0.29, 0.717) is 50.3 Å². The molecule has 1 heterocycles. The fourth-order valence-corrected chi connectivity index (χ4v) is 2.64. The molecule has 0 aromatic carbocycles. The molecule has 2 rings (SSSR count). The largest absolute Gasteiger partial charge is 0.382 e. The zero-order chi connectivity index (χ0) is 14.2. The molecule has 114 valence electrons. The lowest BCUT2D eigenvalue weighted by Crippen LogP contribution is -2.30. The predicted octanol–water partition coefficient (Wildman–Crippen LogP) is 1.34. The van der Waals surface area contributed by atoms with E-state index in [2.05, 4.69) is 10.1 Å². The van der Waals surface area contributed by atoms with Crippen molar-refractivity contribution in [2.75, 3.05) is 26.9 Å². The molecule has 20 heavy (non-hydrogen) atoms. The maximum atomic E-state index is 6.21. The summed E-state index contributed by atoms with van der Waals surface area (Å²) >= 11 is 0. The molecule has 1 fully saturated rings. The molecule has 1 aromatic heterocycles. The van der Waals surface area contributed by atoms with Gasteiger partial charge in [-0.3, -0.25) is 0 Å². The highest BCUT2D eigenvalue weighted by Gasteiger charge is 2.23. The van der Waals surface area contributed by atoms with Crippen LogP contribution in [0.4, 0.5) is 0 Å². The predicted molar refractivity (Wildman–Crippen MR) is 74.3 cm³/mol. The van der Waals surface area contributed by atoms with Crippen molar-refractivity contribution in [2.24, 2.45) is 11.7 Å². The van der Waals surface area contributed by atoms with Crippen LogP contribution >= 0.6 is 0 Å². The third-order valence-electron chi connectivity index (χ3n) is 3.83. The van der Waals surface area contributed by atoms with Gasteiger partial charge in [0.05, 0.1) is 19.8 Å². The van der Waals surface area contributed by atoms with Crippen LogP contribution in [0.1, 0.15) is 37.4 Å². The number of hydrogen-bond acceptors (Lipinski definition) is 6. The fraction of sp³-hybridized carbons (Fsp3) is 0.857. The van der Waals surface area contributed by atoms with E-state index in [1.54, 1.807) is 7.11 Å². The molecule has 1 saturated carbocycles. The minimum Gasteiger partial charge on any atom is -0.382 e. The molecule has 0 aliphatic heterocycles. The van der Waals surface area contributed by atoms with Gasteiger partial charge in [0.1, 0.15) is 0 Å². The van der Waals surface area contributed by atoms with Gasteiger partial charge in [0.25, 0.3) is 0 Å². The van der Waals surface area contributed by atoms with Gasteiger partial charge in [-0.1, -0.05) is 18.0 Å². The van der Waals surface area contributed by atoms with E-state index in [9.17, 15) is 0 Å². The van der Waals surface area contributed by atoms with E-state index in [4.69, 9.17) is 19.7 Å². The molecule has 1 atom stereocenters. The number of aromatic nitrogens is 2. The van der Waals surface area contributed by atoms with Crippen LogP contribution in [0, 0.1) is 5.92 Å². The number of ether oxygens (including phenoxy) is 2. The smallest absolute Gasteiger partial charge is 0.228 e. The van der Waals surface area contributed by atoms with Crippen LogP contribution in [0.25, 0.3) is 0 Å². The average molecular weight is 283 g/mol. The first kappa shape index (κ1) is 15.4. The number of hydrogen-bond donors (Lipinski definition) is 1. The highest BCUT2D eigenvalue weighted by atomic mass is 16.5. The molecule has 1 aromatic rings. The van der Waals surface area contributed by atoms with E-state index in [1.807, 2.05) is 0 Å². The van der Waals surface area contributed by atoms with E-state index < -0.39 is 0 Å². The Morgan fingerprint density at radius 2 is 2.10 bits per heavy atom. The Bertz CT molecular complexity index is 377. The first-order chi connectivity index (χ1) is 9.79. The monoisotopic (exact) mass is 283 g/mol. The minimum atomic E-state index is 0.142. The second kappa shape index (κ2) is 8.34. The lowest BCUT2D eigenvalue weighted by molar-refractivity contribution is 0.0714. The van der Waals surface area contributed by atoms with Gasteiger partial charge in [-0.05, 0) is 18.8 Å². The van der Waals surface area contributed by atoms with Crippen molar-refractivity contribution in [1.29, 1.82) is 0 Å². The topological polar surface area (TPSA) is 83.4 Å². The highest BCUT2D eigenvalue weighted by molar-refractivity contribution is 4.91. The van der Waals surface area contributed by atoms with Crippen LogP contribution < -0.4 is 5.73 Å². The summed E-state index contributed by atoms with van der Waals surface area (Å²) in [5, 5.41) is 3.96. The van der Waals surface area contributed by atoms with Crippen LogP contribution in [0.2, 0.25) is 0 Å². The van der Waals surface area contributed by atoms with Gasteiger partial charge in [-0.25, -0.2) is 0 Å². The van der Waals surface area contributed by atoms with Crippen molar-refractivity contribution in [3.05, 3.63) is 11.7 Å². The van der Waals surface area contributed by atoms with Crippen LogP contribution in [-0.2, 0) is 22.3 Å². The zero-order valence-corrected chi connectivity index (χ0v) is 12.2. The lowest BCUT2D eigenvalue weighted by atomic mass is 9.96. The van der Waals surface area contributed by atoms with Gasteiger partial charge < -0.3 is 19.7 Å². The summed E-state index contributed by atoms with van der Waals surface area (Å²) in [6, 6.07) is 0.142. The number of methoxy groups -OCH3 is 1. The molecular formula is C14H25N3O3. The molecule has 0 bridgehead atoms. The molecule has 1 aliphatic carbocycles. The van der Waals surface area contributed by atoms with Gasteiger partial charge in [0.2, 0.25) is 5.89 Å². The van der Waals surface area contributed by atoms with Crippen LogP contribution in [-0.4, -0.2) is 43.1 Å². The van der Waals surface area contributed by atoms with Crippen molar-refractivity contribution < 1.29 is 14.0 Å². The van der Waals surface area contributed by atoms with Gasteiger partial charge >= 0.3 is 0 Å². The van der Waals surface area contributed by atoms with E-state index in [0.717, 1.165) is 0 Å². The van der Waals surface area contributed by atoms with Crippen LogP contribution in [0.15, 0.2) is 4.52 Å². The molecule has 0 saturated heterocycles. The van der Waals surface area contributed by atoms with E-state index in [-0.39, 0.29) is 6.04 Å². The van der Waals surface area contributed by atoms with E-state index in [1.165, 1.54) is 25.7 Å². The molecule has 6 heteroatoms. The summed E-state index contributed by atoms with van der Waals surface area (Å²) in [4.78, 5) is 4.37. The Kier molecular flexibility index (Phi) is 6.42. The number of nitrogens with two attached hydrogens (primary N) is 1. The summed E-state index contributed by atoms with van der Waals surface area (Å²) in [7, 11) is 1.66. The zero-order valence-electron chi connectivity index (χ0n) is 12.2. The summed E-state index contributed by atoms with van der Waals surface area (Å²) < 4.78 is 15.5. The summed E-state index contributed by atoms with van der Waals surface area (Å²) in [6.45, 7) is 1.78. The van der Waals surface area contributed by atoms with Gasteiger partial charge in [0, 0.05) is 26.0 Å². The third kappa shape index (κ3) is 4.85. The summed E-state index contributed by atoms with van der Waals surface area (Å²) in [5.41, 5.74) is 6.21. The molecule has 0 spiro atoms. The molecule has 1 aliphatic rings. The normalized spacial score (nSPS) is 17.7. The second-order valence-electron chi connectivity index (χ2n) is 5.37. The number of nitrogens with zero attached hydrogens (tertiary/aromatic N) is 2. The van der Waals surface area contributed by atoms with Crippen LogP contribution in [0.5, 0.6) is 0 Å². The quantitative estimate of drug-likeness (QED) is 0.688. The van der Waals surface area contributed by atoms with Crippen molar-refractivity contribution in [3.8, 4) is 0 Å². The Morgan fingerprint density at radius 3 is 2.85 bits per heavy atom. The average Bonchev–Trinajstić information content (AvgIpc) is 3.09. The third-order valence-corrected chi connectivity index (χ3v) is 3.83. The molecule has 6 nitrogen and oxygen atoms in total. The first-order valence-corrected chi connectivity index (χ1v) is 7.43. The minimum absolute atomic E-state index is 0.142. The first-order valence-electron chi connectivity index (χ1n) is 7.43. The number of rotatable bonds is 9. The summed E-state index contributed by atoms with van der Waals surface area (Å²) in [6.07, 6.45) is 6.40. The standard InChI is InChI=1S/C14H25N3O3/c1-18-8-9-19-7-6-13-16-14(20-17-13)10-12(15)11-4-2-3-5-11/h11-12H,2-10,15H2,1H3. The molecule has 2 N–H and O–H groups in total. The Balaban J connectivity index is 1.68. The van der Waals surface area contributed by atoms with Crippen molar-refractivity contribution in [3.63, 3.8) is 0 Å². The molecule has 0 amide bonds. The van der Waals surface area contributed by atoms with Crippen molar-refractivity contribution in [2.45, 2.75) is 44.6 Å². The van der Waals surface area contributed by atoms with E-state index >= 15 is 0 Å². The van der Waals surface area contributed by atoms with Crippen LogP contribution in [0.3, 0.4) is 0 Å². The SMILES string of the molecule is COCCOCCc1noc(CC(N)C2CCCC2)n1.